The number of thiophene rings is 1. The zero-order valence-corrected chi connectivity index (χ0v) is 21.8. The van der Waals surface area contributed by atoms with Crippen molar-refractivity contribution in [3.63, 3.8) is 0 Å². The molecule has 2 N–H and O–H groups in total. The molecule has 2 aromatic heterocycles. The SMILES string of the molecule is CCOC(=O)c1sc(NC(=S)Nc2ccn(Cc3cccc4ccccc34)n2)c(C(=O)OCC)c1C. The average molecular weight is 523 g/mol. The summed E-state index contributed by atoms with van der Waals surface area (Å²) in [6.45, 7) is 6.17. The average Bonchev–Trinajstić information content (AvgIpc) is 3.42. The first-order chi connectivity index (χ1) is 17.4. The monoisotopic (exact) mass is 522 g/mol. The second-order valence-electron chi connectivity index (χ2n) is 7.82. The summed E-state index contributed by atoms with van der Waals surface area (Å²) >= 11 is 6.56. The van der Waals surface area contributed by atoms with Crippen LogP contribution in [-0.4, -0.2) is 40.0 Å². The van der Waals surface area contributed by atoms with Crippen molar-refractivity contribution in [3.8, 4) is 0 Å². The molecule has 8 nitrogen and oxygen atoms in total. The van der Waals surface area contributed by atoms with Gasteiger partial charge < -0.3 is 20.1 Å². The minimum Gasteiger partial charge on any atom is -0.462 e. The molecule has 0 spiro atoms. The first-order valence-corrected chi connectivity index (χ1v) is 12.7. The molecular formula is C26H26N4O4S2. The summed E-state index contributed by atoms with van der Waals surface area (Å²) in [4.78, 5) is 25.3. The zero-order valence-electron chi connectivity index (χ0n) is 20.2. The topological polar surface area (TPSA) is 94.5 Å². The molecule has 10 heteroatoms. The van der Waals surface area contributed by atoms with Gasteiger partial charge in [0.05, 0.1) is 25.3 Å². The smallest absolute Gasteiger partial charge is 0.348 e. The number of anilines is 2. The van der Waals surface area contributed by atoms with Gasteiger partial charge in [-0.15, -0.1) is 11.3 Å². The standard InChI is InChI=1S/C26H26N4O4S2/c1-4-33-24(31)21-16(3)22(25(32)34-5-2)36-23(21)28-26(35)27-20-13-14-30(29-20)15-18-11-8-10-17-9-6-7-12-19(17)18/h6-14H,4-5,15H2,1-3H3,(H2,27,28,29,35). The van der Waals surface area contributed by atoms with E-state index in [4.69, 9.17) is 21.7 Å². The minimum atomic E-state index is -0.536. The van der Waals surface area contributed by atoms with Gasteiger partial charge in [-0.1, -0.05) is 42.5 Å². The van der Waals surface area contributed by atoms with E-state index in [1.165, 1.54) is 10.8 Å². The van der Waals surface area contributed by atoms with Crippen molar-refractivity contribution in [1.29, 1.82) is 0 Å². The lowest BCUT2D eigenvalue weighted by molar-refractivity contribution is 0.0527. The summed E-state index contributed by atoms with van der Waals surface area (Å²) in [6.07, 6.45) is 1.87. The van der Waals surface area contributed by atoms with Crippen LogP contribution in [-0.2, 0) is 16.0 Å². The van der Waals surface area contributed by atoms with Crippen LogP contribution in [0.15, 0.2) is 54.7 Å². The lowest BCUT2D eigenvalue weighted by Crippen LogP contribution is -2.20. The highest BCUT2D eigenvalue weighted by Gasteiger charge is 2.27. The third-order valence-electron chi connectivity index (χ3n) is 5.41. The summed E-state index contributed by atoms with van der Waals surface area (Å²) in [5.74, 6) is -0.486. The normalized spacial score (nSPS) is 10.8. The van der Waals surface area contributed by atoms with E-state index >= 15 is 0 Å². The quantitative estimate of drug-likeness (QED) is 0.228. The molecule has 0 saturated carbocycles. The van der Waals surface area contributed by atoms with Crippen LogP contribution in [0.2, 0.25) is 0 Å². The number of nitrogens with one attached hydrogen (secondary N) is 2. The number of nitrogens with zero attached hydrogens (tertiary/aromatic N) is 2. The summed E-state index contributed by atoms with van der Waals surface area (Å²) in [5.41, 5.74) is 1.90. The van der Waals surface area contributed by atoms with Crippen molar-refractivity contribution in [2.45, 2.75) is 27.3 Å². The van der Waals surface area contributed by atoms with Gasteiger partial charge in [0.2, 0.25) is 0 Å². The number of carbonyl (C=O) groups excluding carboxylic acids is 2. The fraction of sp³-hybridized carbons (Fsp3) is 0.231. The molecule has 2 heterocycles. The van der Waals surface area contributed by atoms with Gasteiger partial charge in [-0.3, -0.25) is 4.68 Å². The van der Waals surface area contributed by atoms with Gasteiger partial charge in [-0.05, 0) is 54.9 Å². The van der Waals surface area contributed by atoms with E-state index < -0.39 is 11.9 Å². The van der Waals surface area contributed by atoms with Gasteiger partial charge >= 0.3 is 11.9 Å². The predicted molar refractivity (Wildman–Crippen MR) is 146 cm³/mol. The molecule has 2 aromatic carbocycles. The third-order valence-corrected chi connectivity index (χ3v) is 6.80. The van der Waals surface area contributed by atoms with Gasteiger partial charge in [0.15, 0.2) is 10.9 Å². The zero-order chi connectivity index (χ0) is 25.7. The van der Waals surface area contributed by atoms with E-state index in [0.29, 0.717) is 27.8 Å². The maximum Gasteiger partial charge on any atom is 0.348 e. The second kappa shape index (κ2) is 11.3. The molecule has 0 radical (unpaired) electrons. The number of esters is 2. The molecule has 0 saturated heterocycles. The number of ether oxygens (including phenoxy) is 2. The number of thiocarbonyl (C=S) groups is 1. The van der Waals surface area contributed by atoms with Crippen molar-refractivity contribution in [2.24, 2.45) is 0 Å². The molecule has 0 aliphatic carbocycles. The molecule has 0 unspecified atom stereocenters. The fourth-order valence-electron chi connectivity index (χ4n) is 3.81. The van der Waals surface area contributed by atoms with Crippen LogP contribution in [0.1, 0.15) is 45.0 Å². The van der Waals surface area contributed by atoms with Crippen molar-refractivity contribution in [1.82, 2.24) is 9.78 Å². The second-order valence-corrected chi connectivity index (χ2v) is 9.25. The third kappa shape index (κ3) is 5.55. The van der Waals surface area contributed by atoms with Crippen LogP contribution in [0.4, 0.5) is 10.8 Å². The van der Waals surface area contributed by atoms with Crippen LogP contribution < -0.4 is 10.6 Å². The molecule has 0 fully saturated rings. The summed E-state index contributed by atoms with van der Waals surface area (Å²) < 4.78 is 12.1. The van der Waals surface area contributed by atoms with Gasteiger partial charge in [-0.25, -0.2) is 9.59 Å². The Morgan fingerprint density at radius 3 is 2.50 bits per heavy atom. The van der Waals surface area contributed by atoms with E-state index in [0.717, 1.165) is 16.9 Å². The van der Waals surface area contributed by atoms with Crippen LogP contribution in [0.5, 0.6) is 0 Å². The molecule has 0 aliphatic rings. The molecule has 4 aromatic rings. The summed E-state index contributed by atoms with van der Waals surface area (Å²) in [6, 6.07) is 16.3. The van der Waals surface area contributed by atoms with Crippen molar-refractivity contribution in [3.05, 3.63) is 76.3 Å². The van der Waals surface area contributed by atoms with Gasteiger partial charge in [0, 0.05) is 12.3 Å². The lowest BCUT2D eigenvalue weighted by Gasteiger charge is -2.10. The first-order valence-electron chi connectivity index (χ1n) is 11.5. The number of rotatable bonds is 8. The number of fused-ring (bicyclic) bond motifs is 1. The Bertz CT molecular complexity index is 1420. The van der Waals surface area contributed by atoms with E-state index in [1.807, 2.05) is 35.1 Å². The Balaban J connectivity index is 1.49. The largest absolute Gasteiger partial charge is 0.462 e. The van der Waals surface area contributed by atoms with Crippen LogP contribution in [0.25, 0.3) is 10.8 Å². The Morgan fingerprint density at radius 2 is 1.72 bits per heavy atom. The number of hydrogen-bond acceptors (Lipinski definition) is 7. The molecule has 0 atom stereocenters. The van der Waals surface area contributed by atoms with Crippen molar-refractivity contribution < 1.29 is 19.1 Å². The molecule has 36 heavy (non-hydrogen) atoms. The van der Waals surface area contributed by atoms with E-state index in [9.17, 15) is 9.59 Å². The predicted octanol–water partition coefficient (Wildman–Crippen LogP) is 5.62. The fourth-order valence-corrected chi connectivity index (χ4v) is 5.18. The number of aromatic nitrogens is 2. The molecule has 0 aliphatic heterocycles. The maximum absolute atomic E-state index is 12.6. The minimum absolute atomic E-state index is 0.207. The van der Waals surface area contributed by atoms with E-state index in [2.05, 4.69) is 40.0 Å². The Morgan fingerprint density at radius 1 is 1.00 bits per heavy atom. The summed E-state index contributed by atoms with van der Waals surface area (Å²) in [5, 5.41) is 13.6. The Kier molecular flexibility index (Phi) is 7.97. The maximum atomic E-state index is 12.6. The number of hydrogen-bond donors (Lipinski definition) is 2. The Hall–Kier alpha value is -3.76. The van der Waals surface area contributed by atoms with Crippen LogP contribution in [0, 0.1) is 6.92 Å². The van der Waals surface area contributed by atoms with Gasteiger partial charge in [0.25, 0.3) is 0 Å². The summed E-state index contributed by atoms with van der Waals surface area (Å²) in [7, 11) is 0. The molecular weight excluding hydrogens is 496 g/mol. The van der Waals surface area contributed by atoms with Crippen LogP contribution in [0.3, 0.4) is 0 Å². The van der Waals surface area contributed by atoms with Gasteiger partial charge in [-0.2, -0.15) is 5.10 Å². The van der Waals surface area contributed by atoms with Gasteiger partial charge in [0.1, 0.15) is 9.88 Å². The molecule has 4 rings (SSSR count). The number of carbonyl (C=O) groups is 2. The Labute approximate surface area is 218 Å². The van der Waals surface area contributed by atoms with Crippen molar-refractivity contribution in [2.75, 3.05) is 23.8 Å². The van der Waals surface area contributed by atoms with Crippen molar-refractivity contribution >= 4 is 62.2 Å². The number of benzene rings is 2. The first kappa shape index (κ1) is 25.3. The molecule has 0 bridgehead atoms. The molecule has 0 amide bonds. The highest BCUT2D eigenvalue weighted by Crippen LogP contribution is 2.34. The lowest BCUT2D eigenvalue weighted by atomic mass is 10.0. The highest BCUT2D eigenvalue weighted by atomic mass is 32.1. The van der Waals surface area contributed by atoms with Crippen LogP contribution >= 0.6 is 23.6 Å². The van der Waals surface area contributed by atoms with E-state index in [-0.39, 0.29) is 23.9 Å². The highest BCUT2D eigenvalue weighted by molar-refractivity contribution is 7.80. The molecule has 186 valence electrons. The van der Waals surface area contributed by atoms with E-state index in [1.54, 1.807) is 20.8 Å².